The Kier molecular flexibility index (Phi) is 7.27. The fourth-order valence-corrected chi connectivity index (χ4v) is 5.43. The lowest BCUT2D eigenvalue weighted by atomic mass is 9.76. The van der Waals surface area contributed by atoms with Crippen LogP contribution in [-0.2, 0) is 5.41 Å². The highest BCUT2D eigenvalue weighted by Crippen LogP contribution is 2.55. The molecular weight excluding hydrogens is 428 g/mol. The minimum Gasteiger partial charge on any atom is -0.463 e. The molecule has 2 aliphatic rings. The molecule has 2 aromatic carbocycles. The molecular formula is C28H36N2O4. The van der Waals surface area contributed by atoms with Crippen molar-refractivity contribution >= 4 is 17.5 Å². The van der Waals surface area contributed by atoms with Crippen LogP contribution in [0, 0.1) is 10.1 Å². The molecule has 6 nitrogen and oxygen atoms in total. The minimum atomic E-state index is -0.676. The fraction of sp³-hybridized carbons (Fsp3) is 0.500. The average molecular weight is 465 g/mol. The van der Waals surface area contributed by atoms with Crippen molar-refractivity contribution in [2.24, 2.45) is 0 Å². The van der Waals surface area contributed by atoms with Crippen LogP contribution >= 0.6 is 0 Å². The smallest absolute Gasteiger partial charge is 0.270 e. The summed E-state index contributed by atoms with van der Waals surface area (Å²) in [7, 11) is 0. The van der Waals surface area contributed by atoms with Crippen LogP contribution in [0.3, 0.4) is 0 Å². The van der Waals surface area contributed by atoms with Crippen molar-refractivity contribution < 1.29 is 14.8 Å². The lowest BCUT2D eigenvalue weighted by molar-refractivity contribution is -0.384. The first kappa shape index (κ1) is 24.3. The number of para-hydroxylation sites is 1. The number of ether oxygens (including phenoxy) is 1. The normalized spacial score (nSPS) is 19.7. The number of unbranched alkanes of at least 4 members (excludes halogenated alkanes) is 7. The minimum absolute atomic E-state index is 0.0742. The number of aliphatic hydroxyl groups excluding tert-OH is 1. The predicted molar refractivity (Wildman–Crippen MR) is 136 cm³/mol. The van der Waals surface area contributed by atoms with E-state index in [2.05, 4.69) is 49.1 Å². The van der Waals surface area contributed by atoms with E-state index in [4.69, 9.17) is 9.84 Å². The Morgan fingerprint density at radius 3 is 2.35 bits per heavy atom. The number of hydrogen-bond acceptors (Lipinski definition) is 5. The Hall–Kier alpha value is -2.86. The fourth-order valence-electron chi connectivity index (χ4n) is 5.43. The van der Waals surface area contributed by atoms with Crippen molar-refractivity contribution in [2.75, 3.05) is 18.1 Å². The summed E-state index contributed by atoms with van der Waals surface area (Å²) in [6, 6.07) is 13.4. The van der Waals surface area contributed by atoms with Gasteiger partial charge in [0.1, 0.15) is 5.75 Å². The van der Waals surface area contributed by atoms with Crippen LogP contribution in [-0.4, -0.2) is 28.9 Å². The van der Waals surface area contributed by atoms with Gasteiger partial charge in [-0.25, -0.2) is 0 Å². The number of benzene rings is 2. The summed E-state index contributed by atoms with van der Waals surface area (Å²) in [5, 5.41) is 20.1. The van der Waals surface area contributed by atoms with E-state index in [0.717, 1.165) is 31.4 Å². The van der Waals surface area contributed by atoms with Crippen LogP contribution in [0.1, 0.15) is 76.3 Å². The van der Waals surface area contributed by atoms with Crippen molar-refractivity contribution in [1.29, 1.82) is 0 Å². The number of nitro groups is 1. The number of anilines is 1. The number of hydrogen-bond donors (Lipinski definition) is 1. The first-order chi connectivity index (χ1) is 16.4. The molecule has 0 aromatic heterocycles. The molecule has 6 heteroatoms. The van der Waals surface area contributed by atoms with Gasteiger partial charge in [0.05, 0.1) is 10.3 Å². The van der Waals surface area contributed by atoms with Crippen LogP contribution in [0.4, 0.5) is 11.4 Å². The third-order valence-electron chi connectivity index (χ3n) is 7.41. The maximum atomic E-state index is 11.2. The van der Waals surface area contributed by atoms with Crippen molar-refractivity contribution in [3.8, 4) is 5.75 Å². The summed E-state index contributed by atoms with van der Waals surface area (Å²) in [5.74, 6) is 0.682. The van der Waals surface area contributed by atoms with Crippen LogP contribution < -0.4 is 9.64 Å². The maximum absolute atomic E-state index is 11.2. The number of fused-ring (bicyclic) bond motifs is 2. The summed E-state index contributed by atoms with van der Waals surface area (Å²) in [6.07, 6.45) is 13.2. The lowest BCUT2D eigenvalue weighted by Gasteiger charge is -2.47. The molecule has 1 N–H and O–H groups in total. The third kappa shape index (κ3) is 4.43. The highest BCUT2D eigenvalue weighted by atomic mass is 16.6. The summed E-state index contributed by atoms with van der Waals surface area (Å²) < 4.78 is 6.75. The summed E-state index contributed by atoms with van der Waals surface area (Å²) in [5.41, 5.74) is 2.30. The summed E-state index contributed by atoms with van der Waals surface area (Å²) in [6.45, 7) is 5.63. The average Bonchev–Trinajstić information content (AvgIpc) is 3.01. The van der Waals surface area contributed by atoms with E-state index in [-0.39, 0.29) is 16.0 Å². The molecule has 4 rings (SSSR count). The molecule has 182 valence electrons. The van der Waals surface area contributed by atoms with E-state index in [1.807, 2.05) is 6.08 Å². The second kappa shape index (κ2) is 10.2. The Morgan fingerprint density at radius 2 is 1.65 bits per heavy atom. The third-order valence-corrected chi connectivity index (χ3v) is 7.41. The Balaban J connectivity index is 1.50. The predicted octanol–water partition coefficient (Wildman–Crippen LogP) is 6.61. The molecule has 0 bridgehead atoms. The molecule has 0 aliphatic carbocycles. The van der Waals surface area contributed by atoms with Gasteiger partial charge in [-0.1, -0.05) is 56.7 Å². The van der Waals surface area contributed by atoms with Crippen molar-refractivity contribution in [3.05, 3.63) is 69.8 Å². The molecule has 2 aromatic rings. The van der Waals surface area contributed by atoms with Crippen LogP contribution in [0.15, 0.2) is 48.5 Å². The largest absolute Gasteiger partial charge is 0.463 e. The van der Waals surface area contributed by atoms with Gasteiger partial charge in [0.15, 0.2) is 0 Å². The maximum Gasteiger partial charge on any atom is 0.270 e. The zero-order chi connectivity index (χ0) is 24.2. The summed E-state index contributed by atoms with van der Waals surface area (Å²) in [4.78, 5) is 13.2. The van der Waals surface area contributed by atoms with Gasteiger partial charge >= 0.3 is 0 Å². The van der Waals surface area contributed by atoms with Crippen molar-refractivity contribution in [1.82, 2.24) is 0 Å². The van der Waals surface area contributed by atoms with Gasteiger partial charge in [0, 0.05) is 36.5 Å². The number of nitrogens with zero attached hydrogens (tertiary/aromatic N) is 2. The lowest BCUT2D eigenvalue weighted by Crippen LogP contribution is -2.59. The van der Waals surface area contributed by atoms with Crippen molar-refractivity contribution in [2.45, 2.75) is 76.4 Å². The molecule has 0 radical (unpaired) electrons. The molecule has 0 fully saturated rings. The monoisotopic (exact) mass is 464 g/mol. The van der Waals surface area contributed by atoms with Gasteiger partial charge in [0.25, 0.3) is 5.69 Å². The highest BCUT2D eigenvalue weighted by molar-refractivity contribution is 5.73. The second-order valence-corrected chi connectivity index (χ2v) is 9.96. The molecule has 2 heterocycles. The van der Waals surface area contributed by atoms with Crippen molar-refractivity contribution in [3.63, 3.8) is 0 Å². The molecule has 0 amide bonds. The highest BCUT2D eigenvalue weighted by Gasteiger charge is 2.58. The first-order valence-corrected chi connectivity index (χ1v) is 12.6. The molecule has 34 heavy (non-hydrogen) atoms. The van der Waals surface area contributed by atoms with E-state index >= 15 is 0 Å². The molecule has 1 unspecified atom stereocenters. The van der Waals surface area contributed by atoms with Gasteiger partial charge in [-0.2, -0.15) is 0 Å². The zero-order valence-corrected chi connectivity index (χ0v) is 20.3. The van der Waals surface area contributed by atoms with Crippen LogP contribution in [0.25, 0.3) is 6.08 Å². The quantitative estimate of drug-likeness (QED) is 0.230. The molecule has 1 spiro atoms. The Bertz CT molecular complexity index is 1050. The van der Waals surface area contributed by atoms with Gasteiger partial charge in [-0.3, -0.25) is 10.1 Å². The zero-order valence-electron chi connectivity index (χ0n) is 20.3. The second-order valence-electron chi connectivity index (χ2n) is 9.96. The van der Waals surface area contributed by atoms with Gasteiger partial charge in [-0.05, 0) is 56.5 Å². The number of nitro benzene ring substituents is 1. The Morgan fingerprint density at radius 1 is 0.971 bits per heavy atom. The van der Waals surface area contributed by atoms with E-state index in [0.29, 0.717) is 12.4 Å². The SMILES string of the molecule is CC1(C)c2ccccc2N(CCCCCCCCCCO)C12C=Cc1cc([N+](=O)[O-])ccc1O2. The van der Waals surface area contributed by atoms with E-state index in [9.17, 15) is 10.1 Å². The standard InChI is InChI=1S/C28H36N2O4/c1-27(2)24-13-9-10-14-25(24)29(19-11-7-5-3-4-6-8-12-20-31)28(27)18-17-22-21-23(30(32)33)15-16-26(22)34-28/h9-10,13-18,21,31H,3-8,11-12,19-20H2,1-2H3. The van der Waals surface area contributed by atoms with Crippen LogP contribution in [0.2, 0.25) is 0 Å². The summed E-state index contributed by atoms with van der Waals surface area (Å²) >= 11 is 0. The molecule has 0 saturated carbocycles. The van der Waals surface area contributed by atoms with Gasteiger partial charge in [0.2, 0.25) is 5.72 Å². The molecule has 1 atom stereocenters. The van der Waals surface area contributed by atoms with Gasteiger partial charge < -0.3 is 14.7 Å². The Labute approximate surface area is 202 Å². The van der Waals surface area contributed by atoms with Gasteiger partial charge in [-0.15, -0.1) is 0 Å². The topological polar surface area (TPSA) is 75.8 Å². The number of rotatable bonds is 11. The van der Waals surface area contributed by atoms with Crippen LogP contribution in [0.5, 0.6) is 5.75 Å². The van der Waals surface area contributed by atoms with E-state index in [1.54, 1.807) is 12.1 Å². The molecule has 0 saturated heterocycles. The van der Waals surface area contributed by atoms with E-state index in [1.165, 1.54) is 49.4 Å². The van der Waals surface area contributed by atoms with E-state index < -0.39 is 5.72 Å². The number of aliphatic hydroxyl groups is 1. The number of non-ortho nitro benzene ring substituents is 1. The molecule has 2 aliphatic heterocycles. The first-order valence-electron chi connectivity index (χ1n) is 12.6.